The quantitative estimate of drug-likeness (QED) is 0.681. The predicted molar refractivity (Wildman–Crippen MR) is 72.3 cm³/mol. The molecule has 2 heterocycles. The fourth-order valence-electron chi connectivity index (χ4n) is 1.57. The van der Waals surface area contributed by atoms with E-state index in [0.29, 0.717) is 10.7 Å². The highest BCUT2D eigenvalue weighted by Crippen LogP contribution is 2.31. The second kappa shape index (κ2) is 3.98. The lowest BCUT2D eigenvalue weighted by Gasteiger charge is -2.00. The van der Waals surface area contributed by atoms with Crippen molar-refractivity contribution < 1.29 is 0 Å². The molecule has 3 rings (SSSR count). The van der Waals surface area contributed by atoms with Gasteiger partial charge in [0.05, 0.1) is 10.7 Å². The lowest BCUT2D eigenvalue weighted by molar-refractivity contribution is 1.41. The monoisotopic (exact) mass is 261 g/mol. The molecule has 0 radical (unpaired) electrons. The molecule has 0 saturated carbocycles. The van der Waals surface area contributed by atoms with Gasteiger partial charge in [0.25, 0.3) is 0 Å². The molecule has 3 nitrogen and oxygen atoms in total. The van der Waals surface area contributed by atoms with E-state index in [2.05, 4.69) is 9.97 Å². The summed E-state index contributed by atoms with van der Waals surface area (Å²) in [6.07, 6.45) is 1.76. The molecule has 0 saturated heterocycles. The van der Waals surface area contributed by atoms with E-state index in [9.17, 15) is 0 Å². The first-order valence-corrected chi connectivity index (χ1v) is 6.20. The molecule has 5 heteroatoms. The van der Waals surface area contributed by atoms with Gasteiger partial charge in [-0.3, -0.25) is 0 Å². The van der Waals surface area contributed by atoms with Gasteiger partial charge in [-0.05, 0) is 24.3 Å². The van der Waals surface area contributed by atoms with Crippen molar-refractivity contribution in [2.75, 3.05) is 5.73 Å². The van der Waals surface area contributed by atoms with Gasteiger partial charge in [0.15, 0.2) is 0 Å². The minimum atomic E-state index is 0.563. The summed E-state index contributed by atoms with van der Waals surface area (Å²) in [6.45, 7) is 0. The molecule has 1 aromatic carbocycles. The summed E-state index contributed by atoms with van der Waals surface area (Å²) in [5.74, 6) is 0. The summed E-state index contributed by atoms with van der Waals surface area (Å²) in [5, 5.41) is 1.47. The van der Waals surface area contributed by atoms with Crippen LogP contribution in [0.2, 0.25) is 5.02 Å². The zero-order chi connectivity index (χ0) is 11.8. The van der Waals surface area contributed by atoms with Crippen LogP contribution in [0, 0.1) is 0 Å². The normalized spacial score (nSPS) is 10.9. The maximum atomic E-state index is 5.89. The van der Waals surface area contributed by atoms with Crippen LogP contribution < -0.4 is 5.73 Å². The third-order valence-electron chi connectivity index (χ3n) is 2.41. The Hall–Kier alpha value is -1.65. The summed E-state index contributed by atoms with van der Waals surface area (Å²) in [7, 11) is 0. The number of anilines is 1. The number of aromatic nitrogens is 2. The fraction of sp³-hybridized carbons (Fsp3) is 0. The molecule has 0 amide bonds. The smallest absolute Gasteiger partial charge is 0.143 e. The number of nitrogen functional groups attached to an aromatic ring is 1. The second-order valence-electron chi connectivity index (χ2n) is 3.58. The SMILES string of the molecule is Nc1cc(-c2nc3cccnc3s2)ccc1Cl. The van der Waals surface area contributed by atoms with E-state index in [4.69, 9.17) is 17.3 Å². The molecule has 0 atom stereocenters. The number of hydrogen-bond donors (Lipinski definition) is 1. The summed E-state index contributed by atoms with van der Waals surface area (Å²) in [4.78, 5) is 9.70. The molecule has 0 aliphatic heterocycles. The molecular formula is C12H8ClN3S. The van der Waals surface area contributed by atoms with E-state index >= 15 is 0 Å². The summed E-state index contributed by atoms with van der Waals surface area (Å²) < 4.78 is 0. The number of pyridine rings is 1. The van der Waals surface area contributed by atoms with Gasteiger partial charge in [0, 0.05) is 11.8 Å². The molecule has 84 valence electrons. The van der Waals surface area contributed by atoms with Crippen LogP contribution in [0.15, 0.2) is 36.5 Å². The molecule has 0 fully saturated rings. The number of nitrogens with zero attached hydrogens (tertiary/aromatic N) is 2. The van der Waals surface area contributed by atoms with E-state index in [1.54, 1.807) is 23.6 Å². The van der Waals surface area contributed by atoms with Crippen LogP contribution >= 0.6 is 22.9 Å². The van der Waals surface area contributed by atoms with E-state index in [1.807, 2.05) is 24.3 Å². The molecule has 0 bridgehead atoms. The Labute approximate surface area is 107 Å². The predicted octanol–water partition coefficient (Wildman–Crippen LogP) is 3.59. The van der Waals surface area contributed by atoms with Crippen LogP contribution in [0.5, 0.6) is 0 Å². The van der Waals surface area contributed by atoms with Gasteiger partial charge >= 0.3 is 0 Å². The summed E-state index contributed by atoms with van der Waals surface area (Å²) in [5.41, 5.74) is 8.22. The highest BCUT2D eigenvalue weighted by molar-refractivity contribution is 7.21. The zero-order valence-corrected chi connectivity index (χ0v) is 10.3. The Morgan fingerprint density at radius 1 is 1.24 bits per heavy atom. The van der Waals surface area contributed by atoms with Crippen molar-refractivity contribution in [1.29, 1.82) is 0 Å². The van der Waals surface area contributed by atoms with Crippen LogP contribution in [-0.2, 0) is 0 Å². The van der Waals surface area contributed by atoms with Crippen molar-refractivity contribution in [1.82, 2.24) is 9.97 Å². The molecule has 0 spiro atoms. The van der Waals surface area contributed by atoms with Crippen LogP contribution in [0.25, 0.3) is 20.9 Å². The third-order valence-corrected chi connectivity index (χ3v) is 3.78. The van der Waals surface area contributed by atoms with Crippen molar-refractivity contribution in [3.63, 3.8) is 0 Å². The lowest BCUT2D eigenvalue weighted by Crippen LogP contribution is -1.86. The van der Waals surface area contributed by atoms with Crippen molar-refractivity contribution in [3.8, 4) is 10.6 Å². The maximum Gasteiger partial charge on any atom is 0.143 e. The molecule has 3 aromatic rings. The van der Waals surface area contributed by atoms with Gasteiger partial charge in [-0.2, -0.15) is 0 Å². The first-order chi connectivity index (χ1) is 8.24. The number of fused-ring (bicyclic) bond motifs is 1. The van der Waals surface area contributed by atoms with Crippen LogP contribution in [-0.4, -0.2) is 9.97 Å². The lowest BCUT2D eigenvalue weighted by atomic mass is 10.2. The number of nitrogens with two attached hydrogens (primary N) is 1. The Bertz CT molecular complexity index is 660. The van der Waals surface area contributed by atoms with Crippen LogP contribution in [0.1, 0.15) is 0 Å². The van der Waals surface area contributed by atoms with Crippen molar-refractivity contribution >= 4 is 39.0 Å². The second-order valence-corrected chi connectivity index (χ2v) is 4.97. The van der Waals surface area contributed by atoms with Crippen LogP contribution in [0.4, 0.5) is 5.69 Å². The largest absolute Gasteiger partial charge is 0.398 e. The van der Waals surface area contributed by atoms with E-state index in [-0.39, 0.29) is 0 Å². The summed E-state index contributed by atoms with van der Waals surface area (Å²) in [6, 6.07) is 9.35. The van der Waals surface area contributed by atoms with E-state index in [0.717, 1.165) is 20.9 Å². The van der Waals surface area contributed by atoms with Gasteiger partial charge < -0.3 is 5.73 Å². The average molecular weight is 262 g/mol. The van der Waals surface area contributed by atoms with Crippen molar-refractivity contribution in [2.45, 2.75) is 0 Å². The van der Waals surface area contributed by atoms with Gasteiger partial charge in [-0.1, -0.05) is 29.0 Å². The van der Waals surface area contributed by atoms with Crippen molar-refractivity contribution in [2.24, 2.45) is 0 Å². The average Bonchev–Trinajstić information content (AvgIpc) is 2.76. The van der Waals surface area contributed by atoms with E-state index < -0.39 is 0 Å². The topological polar surface area (TPSA) is 51.8 Å². The van der Waals surface area contributed by atoms with Gasteiger partial charge in [-0.15, -0.1) is 0 Å². The van der Waals surface area contributed by atoms with Crippen LogP contribution in [0.3, 0.4) is 0 Å². The minimum absolute atomic E-state index is 0.563. The number of hydrogen-bond acceptors (Lipinski definition) is 4. The molecule has 2 N–H and O–H groups in total. The zero-order valence-electron chi connectivity index (χ0n) is 8.72. The van der Waals surface area contributed by atoms with Crippen molar-refractivity contribution in [3.05, 3.63) is 41.6 Å². The molecule has 0 unspecified atom stereocenters. The maximum absolute atomic E-state index is 5.89. The first kappa shape index (κ1) is 10.5. The number of benzene rings is 1. The fourth-order valence-corrected chi connectivity index (χ4v) is 2.59. The number of halogens is 1. The van der Waals surface area contributed by atoms with Gasteiger partial charge in [0.1, 0.15) is 15.4 Å². The number of rotatable bonds is 1. The molecular weight excluding hydrogens is 254 g/mol. The third kappa shape index (κ3) is 1.85. The highest BCUT2D eigenvalue weighted by atomic mass is 35.5. The molecule has 0 aliphatic rings. The van der Waals surface area contributed by atoms with Gasteiger partial charge in [0.2, 0.25) is 0 Å². The Morgan fingerprint density at radius 3 is 2.88 bits per heavy atom. The van der Waals surface area contributed by atoms with E-state index in [1.165, 1.54) is 0 Å². The Balaban J connectivity index is 2.17. The molecule has 2 aromatic heterocycles. The Kier molecular flexibility index (Phi) is 2.46. The highest BCUT2D eigenvalue weighted by Gasteiger charge is 2.07. The first-order valence-electron chi connectivity index (χ1n) is 5.01. The molecule has 17 heavy (non-hydrogen) atoms. The Morgan fingerprint density at radius 2 is 2.12 bits per heavy atom. The molecule has 0 aliphatic carbocycles. The summed E-state index contributed by atoms with van der Waals surface area (Å²) >= 11 is 7.44. The number of thiazole rings is 1. The standard InChI is InChI=1S/C12H8ClN3S/c13-8-4-3-7(6-9(8)14)11-16-10-2-1-5-15-12(10)17-11/h1-6H,14H2. The van der Waals surface area contributed by atoms with Gasteiger partial charge in [-0.25, -0.2) is 9.97 Å². The minimum Gasteiger partial charge on any atom is -0.398 e.